The first-order valence-corrected chi connectivity index (χ1v) is 7.21. The van der Waals surface area contributed by atoms with E-state index in [4.69, 9.17) is 14.3 Å². The normalized spacial score (nSPS) is 13.4. The Labute approximate surface area is 111 Å². The lowest BCUT2D eigenvalue weighted by atomic mass is 10.4. The summed E-state index contributed by atoms with van der Waals surface area (Å²) in [6.45, 7) is 5.52. The highest BCUT2D eigenvalue weighted by Gasteiger charge is 2.24. The molecule has 0 saturated heterocycles. The average Bonchev–Trinajstić information content (AvgIpc) is 2.70. The van der Waals surface area contributed by atoms with Gasteiger partial charge in [-0.15, -0.1) is 0 Å². The number of aryl methyl sites for hydroxylation is 1. The van der Waals surface area contributed by atoms with E-state index in [9.17, 15) is 13.2 Å². The first-order valence-electron chi connectivity index (χ1n) is 5.73. The van der Waals surface area contributed by atoms with Crippen LogP contribution in [-0.4, -0.2) is 38.7 Å². The molecule has 0 bridgehead atoms. The molecule has 8 heteroatoms. The fourth-order valence-corrected chi connectivity index (χ4v) is 2.78. The molecule has 1 heterocycles. The van der Waals surface area contributed by atoms with Crippen LogP contribution >= 0.6 is 0 Å². The van der Waals surface area contributed by atoms with Gasteiger partial charge in [-0.3, -0.25) is 0 Å². The lowest BCUT2D eigenvalue weighted by Crippen LogP contribution is -2.32. The van der Waals surface area contributed by atoms with Gasteiger partial charge in [0.25, 0.3) is 0 Å². The zero-order valence-corrected chi connectivity index (χ0v) is 11.8. The maximum Gasteiger partial charge on any atom is 0.371 e. The van der Waals surface area contributed by atoms with E-state index in [1.807, 2.05) is 6.92 Å². The summed E-state index contributed by atoms with van der Waals surface area (Å²) in [6.07, 6.45) is -0.272. The van der Waals surface area contributed by atoms with Crippen molar-refractivity contribution < 1.29 is 27.5 Å². The topological polar surface area (TPSA) is 106 Å². The molecule has 1 atom stereocenters. The molecular formula is C11H17NO6S. The largest absolute Gasteiger partial charge is 0.475 e. The van der Waals surface area contributed by atoms with Gasteiger partial charge in [0, 0.05) is 19.2 Å². The number of hydrogen-bond donors (Lipinski definition) is 2. The second kappa shape index (κ2) is 6.18. The zero-order valence-electron chi connectivity index (χ0n) is 11.0. The predicted octanol–water partition coefficient (Wildman–Crippen LogP) is 0.990. The molecule has 2 N–H and O–H groups in total. The third kappa shape index (κ3) is 4.05. The Morgan fingerprint density at radius 3 is 2.68 bits per heavy atom. The lowest BCUT2D eigenvalue weighted by Gasteiger charge is -2.12. The molecule has 1 unspecified atom stereocenters. The number of carboxylic acids is 1. The van der Waals surface area contributed by atoms with Gasteiger partial charge in [0.2, 0.25) is 15.8 Å². The number of furan rings is 1. The van der Waals surface area contributed by atoms with Crippen molar-refractivity contribution in [3.63, 3.8) is 0 Å². The highest BCUT2D eigenvalue weighted by Crippen LogP contribution is 2.19. The van der Waals surface area contributed by atoms with Gasteiger partial charge in [-0.1, -0.05) is 0 Å². The summed E-state index contributed by atoms with van der Waals surface area (Å²) < 4.78 is 36.4. The quantitative estimate of drug-likeness (QED) is 0.776. The second-order valence-electron chi connectivity index (χ2n) is 3.95. The number of sulfonamides is 1. The average molecular weight is 291 g/mol. The number of carboxylic acid groups (broad SMARTS) is 1. The van der Waals surface area contributed by atoms with E-state index in [-0.39, 0.29) is 23.3 Å². The van der Waals surface area contributed by atoms with Gasteiger partial charge in [0.1, 0.15) is 10.7 Å². The number of rotatable bonds is 7. The van der Waals surface area contributed by atoms with Crippen molar-refractivity contribution in [1.82, 2.24) is 4.72 Å². The van der Waals surface area contributed by atoms with Crippen LogP contribution in [0.5, 0.6) is 0 Å². The van der Waals surface area contributed by atoms with Crippen LogP contribution in [0.2, 0.25) is 0 Å². The van der Waals surface area contributed by atoms with Gasteiger partial charge in [-0.05, 0) is 20.8 Å². The molecule has 1 aromatic rings. The molecule has 108 valence electrons. The number of carbonyl (C=O) groups is 1. The lowest BCUT2D eigenvalue weighted by molar-refractivity contribution is 0.0661. The van der Waals surface area contributed by atoms with E-state index >= 15 is 0 Å². The SMILES string of the molecule is CCOC(C)CNS(=O)(=O)c1cc(C(=O)O)oc1C. The van der Waals surface area contributed by atoms with Crippen molar-refractivity contribution in [2.45, 2.75) is 31.8 Å². The smallest absolute Gasteiger partial charge is 0.371 e. The van der Waals surface area contributed by atoms with Crippen LogP contribution in [0.3, 0.4) is 0 Å². The molecule has 0 amide bonds. The minimum Gasteiger partial charge on any atom is -0.475 e. The highest BCUT2D eigenvalue weighted by atomic mass is 32.2. The molecule has 0 aliphatic heterocycles. The van der Waals surface area contributed by atoms with E-state index in [1.54, 1.807) is 6.92 Å². The molecule has 7 nitrogen and oxygen atoms in total. The molecule has 1 aromatic heterocycles. The maximum atomic E-state index is 12.0. The number of hydrogen-bond acceptors (Lipinski definition) is 5. The first-order chi connectivity index (χ1) is 8.77. The predicted molar refractivity (Wildman–Crippen MR) is 66.7 cm³/mol. The minimum absolute atomic E-state index is 0.0361. The molecule has 0 aliphatic carbocycles. The molecule has 0 spiro atoms. The Kier molecular flexibility index (Phi) is 5.10. The van der Waals surface area contributed by atoms with Gasteiger partial charge >= 0.3 is 5.97 Å². The Morgan fingerprint density at radius 1 is 1.58 bits per heavy atom. The molecule has 0 fully saturated rings. The van der Waals surface area contributed by atoms with Crippen molar-refractivity contribution in [3.8, 4) is 0 Å². The van der Waals surface area contributed by atoms with Crippen LogP contribution in [0.25, 0.3) is 0 Å². The fraction of sp³-hybridized carbons (Fsp3) is 0.545. The van der Waals surface area contributed by atoms with Crippen molar-refractivity contribution in [2.75, 3.05) is 13.2 Å². The summed E-state index contributed by atoms with van der Waals surface area (Å²) in [5.74, 6) is -1.68. The Bertz CT molecular complexity index is 548. The minimum atomic E-state index is -3.80. The summed E-state index contributed by atoms with van der Waals surface area (Å²) >= 11 is 0. The third-order valence-electron chi connectivity index (χ3n) is 2.38. The molecule has 0 saturated carbocycles. The molecule has 19 heavy (non-hydrogen) atoms. The van der Waals surface area contributed by atoms with Gasteiger partial charge in [0.05, 0.1) is 6.10 Å². The Balaban J connectivity index is 2.86. The Morgan fingerprint density at radius 2 is 2.21 bits per heavy atom. The summed E-state index contributed by atoms with van der Waals surface area (Å²) in [5, 5.41) is 8.75. The van der Waals surface area contributed by atoms with Crippen LogP contribution in [0, 0.1) is 6.92 Å². The number of aromatic carboxylic acids is 1. The summed E-state index contributed by atoms with van der Waals surface area (Å²) in [6, 6.07) is 0.991. The second-order valence-corrected chi connectivity index (χ2v) is 5.69. The molecule has 0 aliphatic rings. The fourth-order valence-electron chi connectivity index (χ4n) is 1.49. The number of nitrogens with one attached hydrogen (secondary N) is 1. The van der Waals surface area contributed by atoms with E-state index < -0.39 is 21.8 Å². The van der Waals surface area contributed by atoms with E-state index in [0.29, 0.717) is 6.61 Å². The van der Waals surface area contributed by atoms with E-state index in [0.717, 1.165) is 6.07 Å². The van der Waals surface area contributed by atoms with E-state index in [1.165, 1.54) is 6.92 Å². The van der Waals surface area contributed by atoms with E-state index in [2.05, 4.69) is 4.72 Å². The van der Waals surface area contributed by atoms with Gasteiger partial charge in [-0.25, -0.2) is 17.9 Å². The molecule has 1 rings (SSSR count). The molecule has 0 aromatic carbocycles. The van der Waals surface area contributed by atoms with Crippen LogP contribution < -0.4 is 4.72 Å². The highest BCUT2D eigenvalue weighted by molar-refractivity contribution is 7.89. The standard InChI is InChI=1S/C11H17NO6S/c1-4-17-7(2)6-12-19(15,16)10-5-9(11(13)14)18-8(10)3/h5,7,12H,4,6H2,1-3H3,(H,13,14). The Hall–Kier alpha value is -1.38. The summed E-state index contributed by atoms with van der Waals surface area (Å²) in [4.78, 5) is 10.5. The van der Waals surface area contributed by atoms with Crippen molar-refractivity contribution in [1.29, 1.82) is 0 Å². The van der Waals surface area contributed by atoms with Gasteiger partial charge in [0.15, 0.2) is 0 Å². The van der Waals surface area contributed by atoms with Gasteiger partial charge < -0.3 is 14.3 Å². The van der Waals surface area contributed by atoms with Crippen molar-refractivity contribution in [2.24, 2.45) is 0 Å². The summed E-state index contributed by atoms with van der Waals surface area (Å²) in [5.41, 5.74) is 0. The summed E-state index contributed by atoms with van der Waals surface area (Å²) in [7, 11) is -3.80. The van der Waals surface area contributed by atoms with Gasteiger partial charge in [-0.2, -0.15) is 0 Å². The maximum absolute atomic E-state index is 12.0. The van der Waals surface area contributed by atoms with Crippen molar-refractivity contribution >= 4 is 16.0 Å². The van der Waals surface area contributed by atoms with Crippen molar-refractivity contribution in [3.05, 3.63) is 17.6 Å². The first kappa shape index (κ1) is 15.7. The molecule has 0 radical (unpaired) electrons. The van der Waals surface area contributed by atoms with Crippen LogP contribution in [0.1, 0.15) is 30.2 Å². The van der Waals surface area contributed by atoms with Crippen LogP contribution in [-0.2, 0) is 14.8 Å². The van der Waals surface area contributed by atoms with Crippen LogP contribution in [0.15, 0.2) is 15.4 Å². The zero-order chi connectivity index (χ0) is 14.6. The molecular weight excluding hydrogens is 274 g/mol. The van der Waals surface area contributed by atoms with Crippen LogP contribution in [0.4, 0.5) is 0 Å². The third-order valence-corrected chi connectivity index (χ3v) is 3.92. The monoisotopic (exact) mass is 291 g/mol. The number of ether oxygens (including phenoxy) is 1.